The van der Waals surface area contributed by atoms with Crippen LogP contribution >= 0.6 is 0 Å². The van der Waals surface area contributed by atoms with Crippen LogP contribution < -0.4 is 5.32 Å². The maximum absolute atomic E-state index is 12.9. The Morgan fingerprint density at radius 2 is 1.93 bits per heavy atom. The van der Waals surface area contributed by atoms with Gasteiger partial charge in [0.2, 0.25) is 11.8 Å². The molecule has 8 heteroatoms. The van der Waals surface area contributed by atoms with Crippen LogP contribution in [0.15, 0.2) is 12.4 Å². The molecule has 3 heterocycles. The molecule has 2 aromatic heterocycles. The van der Waals surface area contributed by atoms with Gasteiger partial charge >= 0.3 is 0 Å². The number of aromatic nitrogens is 4. The molecule has 1 atom stereocenters. The monoisotopic (exact) mass is 384 g/mol. The average Bonchev–Trinajstić information content (AvgIpc) is 3.33. The third kappa shape index (κ3) is 3.86. The molecule has 2 aliphatic rings. The molecular formula is C20H28N6O2. The van der Waals surface area contributed by atoms with Crippen molar-refractivity contribution in [3.63, 3.8) is 0 Å². The number of carbonyl (C=O) groups is 2. The summed E-state index contributed by atoms with van der Waals surface area (Å²) in [6.45, 7) is 4.05. The van der Waals surface area contributed by atoms with E-state index in [9.17, 15) is 9.59 Å². The average molecular weight is 384 g/mol. The maximum atomic E-state index is 12.9. The van der Waals surface area contributed by atoms with Crippen molar-refractivity contribution in [3.05, 3.63) is 18.1 Å². The van der Waals surface area contributed by atoms with Crippen molar-refractivity contribution in [3.8, 4) is 0 Å². The van der Waals surface area contributed by atoms with Gasteiger partial charge in [-0.3, -0.25) is 9.59 Å². The van der Waals surface area contributed by atoms with Crippen molar-refractivity contribution in [2.75, 3.05) is 19.6 Å². The third-order valence-corrected chi connectivity index (χ3v) is 5.93. The molecule has 1 aliphatic heterocycles. The summed E-state index contributed by atoms with van der Waals surface area (Å²) in [4.78, 5) is 35.0. The molecule has 2 amide bonds. The van der Waals surface area contributed by atoms with Gasteiger partial charge in [-0.1, -0.05) is 19.3 Å². The first-order valence-corrected chi connectivity index (χ1v) is 10.3. The van der Waals surface area contributed by atoms with E-state index in [2.05, 4.69) is 15.3 Å². The van der Waals surface area contributed by atoms with E-state index in [1.807, 2.05) is 9.58 Å². The SMILES string of the molecule is CC(=O)NCCn1nc([C@@H]2CCN(C(=O)C3CCCCC3)C2)c2nccnc21. The Morgan fingerprint density at radius 1 is 1.14 bits per heavy atom. The lowest BCUT2D eigenvalue weighted by Crippen LogP contribution is -2.35. The number of nitrogens with zero attached hydrogens (tertiary/aromatic N) is 5. The van der Waals surface area contributed by atoms with Crippen LogP contribution in [0, 0.1) is 5.92 Å². The predicted octanol–water partition coefficient (Wildman–Crippen LogP) is 1.86. The van der Waals surface area contributed by atoms with Gasteiger partial charge in [-0.25, -0.2) is 14.6 Å². The second kappa shape index (κ2) is 8.24. The normalized spacial score (nSPS) is 20.6. The van der Waals surface area contributed by atoms with E-state index < -0.39 is 0 Å². The minimum absolute atomic E-state index is 0.0598. The van der Waals surface area contributed by atoms with Crippen LogP contribution in [-0.4, -0.2) is 56.1 Å². The molecule has 1 N–H and O–H groups in total. The van der Waals surface area contributed by atoms with Gasteiger partial charge in [0, 0.05) is 50.8 Å². The Hall–Kier alpha value is -2.51. The molecule has 0 radical (unpaired) electrons. The van der Waals surface area contributed by atoms with Crippen LogP contribution in [0.1, 0.15) is 57.1 Å². The number of carbonyl (C=O) groups excluding carboxylic acids is 2. The second-order valence-electron chi connectivity index (χ2n) is 7.92. The van der Waals surface area contributed by atoms with Crippen LogP contribution in [-0.2, 0) is 16.1 Å². The zero-order valence-electron chi connectivity index (χ0n) is 16.4. The molecule has 0 bridgehead atoms. The zero-order valence-corrected chi connectivity index (χ0v) is 16.4. The summed E-state index contributed by atoms with van der Waals surface area (Å²) in [6.07, 6.45) is 9.93. The number of hydrogen-bond acceptors (Lipinski definition) is 5. The van der Waals surface area contributed by atoms with Gasteiger partial charge < -0.3 is 10.2 Å². The molecule has 2 aromatic rings. The van der Waals surface area contributed by atoms with E-state index >= 15 is 0 Å². The fourth-order valence-corrected chi connectivity index (χ4v) is 4.49. The first-order chi connectivity index (χ1) is 13.6. The van der Waals surface area contributed by atoms with Crippen LogP contribution in [0.25, 0.3) is 11.2 Å². The highest BCUT2D eigenvalue weighted by molar-refractivity contribution is 5.80. The molecular weight excluding hydrogens is 356 g/mol. The van der Waals surface area contributed by atoms with Crippen molar-refractivity contribution in [2.45, 2.75) is 57.9 Å². The fraction of sp³-hybridized carbons (Fsp3) is 0.650. The first kappa shape index (κ1) is 18.8. The summed E-state index contributed by atoms with van der Waals surface area (Å²) < 4.78 is 1.82. The predicted molar refractivity (Wildman–Crippen MR) is 105 cm³/mol. The number of amides is 2. The van der Waals surface area contributed by atoms with Gasteiger partial charge in [0.25, 0.3) is 0 Å². The van der Waals surface area contributed by atoms with Gasteiger partial charge in [0.05, 0.1) is 12.2 Å². The summed E-state index contributed by atoms with van der Waals surface area (Å²) >= 11 is 0. The van der Waals surface area contributed by atoms with Crippen molar-refractivity contribution < 1.29 is 9.59 Å². The number of fused-ring (bicyclic) bond motifs is 1. The van der Waals surface area contributed by atoms with Crippen molar-refractivity contribution in [2.24, 2.45) is 5.92 Å². The summed E-state index contributed by atoms with van der Waals surface area (Å²) in [5.74, 6) is 0.658. The highest BCUT2D eigenvalue weighted by Crippen LogP contribution is 2.33. The smallest absolute Gasteiger partial charge is 0.225 e. The summed E-state index contributed by atoms with van der Waals surface area (Å²) in [7, 11) is 0. The fourth-order valence-electron chi connectivity index (χ4n) is 4.49. The minimum Gasteiger partial charge on any atom is -0.354 e. The lowest BCUT2D eigenvalue weighted by molar-refractivity contribution is -0.135. The van der Waals surface area contributed by atoms with Crippen LogP contribution in [0.3, 0.4) is 0 Å². The lowest BCUT2D eigenvalue weighted by Gasteiger charge is -2.26. The van der Waals surface area contributed by atoms with Crippen LogP contribution in [0.5, 0.6) is 0 Å². The first-order valence-electron chi connectivity index (χ1n) is 10.3. The van der Waals surface area contributed by atoms with E-state index in [1.54, 1.807) is 12.4 Å². The molecule has 150 valence electrons. The molecule has 1 aliphatic carbocycles. The van der Waals surface area contributed by atoms with Gasteiger partial charge in [-0.15, -0.1) is 0 Å². The highest BCUT2D eigenvalue weighted by atomic mass is 16.2. The number of rotatable bonds is 5. The zero-order chi connectivity index (χ0) is 19.5. The van der Waals surface area contributed by atoms with E-state index in [0.717, 1.165) is 42.7 Å². The Morgan fingerprint density at radius 3 is 2.71 bits per heavy atom. The summed E-state index contributed by atoms with van der Waals surface area (Å²) in [5.41, 5.74) is 2.46. The Labute approximate surface area is 164 Å². The molecule has 2 fully saturated rings. The van der Waals surface area contributed by atoms with E-state index in [0.29, 0.717) is 25.5 Å². The molecule has 0 aromatic carbocycles. The van der Waals surface area contributed by atoms with Gasteiger partial charge in [0.1, 0.15) is 5.52 Å². The summed E-state index contributed by atoms with van der Waals surface area (Å²) in [6, 6.07) is 0. The van der Waals surface area contributed by atoms with E-state index in [1.165, 1.54) is 26.2 Å². The van der Waals surface area contributed by atoms with Gasteiger partial charge in [-0.2, -0.15) is 5.10 Å². The van der Waals surface area contributed by atoms with Crippen molar-refractivity contribution in [1.82, 2.24) is 30.0 Å². The Kier molecular flexibility index (Phi) is 5.54. The second-order valence-corrected chi connectivity index (χ2v) is 7.92. The van der Waals surface area contributed by atoms with Crippen LogP contribution in [0.2, 0.25) is 0 Å². The molecule has 4 rings (SSSR count). The Bertz CT molecular complexity index is 857. The van der Waals surface area contributed by atoms with E-state index in [4.69, 9.17) is 5.10 Å². The van der Waals surface area contributed by atoms with Crippen molar-refractivity contribution >= 4 is 23.0 Å². The van der Waals surface area contributed by atoms with E-state index in [-0.39, 0.29) is 17.7 Å². The molecule has 1 saturated heterocycles. The van der Waals surface area contributed by atoms with Gasteiger partial charge in [0.15, 0.2) is 5.65 Å². The molecule has 28 heavy (non-hydrogen) atoms. The third-order valence-electron chi connectivity index (χ3n) is 5.93. The molecule has 0 spiro atoms. The topological polar surface area (TPSA) is 93.0 Å². The molecule has 8 nitrogen and oxygen atoms in total. The minimum atomic E-state index is -0.0598. The number of nitrogens with one attached hydrogen (secondary N) is 1. The maximum Gasteiger partial charge on any atom is 0.225 e. The lowest BCUT2D eigenvalue weighted by atomic mass is 9.88. The standard InChI is InChI=1S/C20H28N6O2/c1-14(27)21-10-12-26-19-18(22-8-9-23-19)17(24-26)16-7-11-25(13-16)20(28)15-5-3-2-4-6-15/h8-9,15-16H,2-7,10-13H2,1H3,(H,21,27)/t16-/m1/s1. The van der Waals surface area contributed by atoms with Crippen molar-refractivity contribution in [1.29, 1.82) is 0 Å². The Balaban J connectivity index is 1.49. The quantitative estimate of drug-likeness (QED) is 0.849. The van der Waals surface area contributed by atoms with Crippen LogP contribution in [0.4, 0.5) is 0 Å². The highest BCUT2D eigenvalue weighted by Gasteiger charge is 2.34. The molecule has 1 saturated carbocycles. The number of hydrogen-bond donors (Lipinski definition) is 1. The summed E-state index contributed by atoms with van der Waals surface area (Å²) in [5, 5.41) is 7.57. The van der Waals surface area contributed by atoms with Gasteiger partial charge in [-0.05, 0) is 19.3 Å². The number of likely N-dealkylation sites (tertiary alicyclic amines) is 1. The largest absolute Gasteiger partial charge is 0.354 e. The molecule has 0 unspecified atom stereocenters.